The molecule has 0 aromatic heterocycles. The van der Waals surface area contributed by atoms with E-state index in [1.54, 1.807) is 18.2 Å². The molecule has 2 aromatic rings. The van der Waals surface area contributed by atoms with Gasteiger partial charge in [0, 0.05) is 0 Å². The fourth-order valence-corrected chi connectivity index (χ4v) is 2.84. The van der Waals surface area contributed by atoms with Gasteiger partial charge in [0.2, 0.25) is 0 Å². The van der Waals surface area contributed by atoms with Gasteiger partial charge in [-0.1, -0.05) is 30.3 Å². The Morgan fingerprint density at radius 1 is 1.06 bits per heavy atom. The maximum absolute atomic E-state index is 11.5. The van der Waals surface area contributed by atoms with E-state index in [0.29, 0.717) is 5.39 Å². The molecule has 0 heterocycles. The van der Waals surface area contributed by atoms with Crippen molar-refractivity contribution in [3.63, 3.8) is 0 Å². The van der Waals surface area contributed by atoms with Gasteiger partial charge in [0.25, 0.3) is 0 Å². The molecule has 1 atom stereocenters. The van der Waals surface area contributed by atoms with E-state index in [4.69, 9.17) is 0 Å². The summed E-state index contributed by atoms with van der Waals surface area (Å²) in [4.78, 5) is -0.194. The highest BCUT2D eigenvalue weighted by molar-refractivity contribution is 7.95. The summed E-state index contributed by atoms with van der Waals surface area (Å²) in [5.41, 5.74) is 0. The van der Waals surface area contributed by atoms with Gasteiger partial charge in [-0.2, -0.15) is 12.0 Å². The molecule has 0 radical (unpaired) electrons. The zero-order chi connectivity index (χ0) is 12.5. The summed E-state index contributed by atoms with van der Waals surface area (Å²) in [6.45, 7) is 0. The topological polar surface area (TPSA) is 83.5 Å². The van der Waals surface area contributed by atoms with Crippen LogP contribution in [0.25, 0.3) is 10.8 Å². The monoisotopic (exact) mass is 271 g/mol. The first-order valence-electron chi connectivity index (χ1n) is 4.52. The Kier molecular flexibility index (Phi) is 3.25. The summed E-state index contributed by atoms with van der Waals surface area (Å²) in [7, 11) is -4.26. The molecule has 0 N–H and O–H groups in total. The van der Waals surface area contributed by atoms with Crippen molar-refractivity contribution in [3.8, 4) is 0 Å². The van der Waals surface area contributed by atoms with Crippen LogP contribution in [0.5, 0.6) is 0 Å². The highest BCUT2D eigenvalue weighted by Crippen LogP contribution is 2.20. The number of hydrogen-bond donors (Lipinski definition) is 0. The molecule has 0 saturated carbocycles. The predicted octanol–water partition coefficient (Wildman–Crippen LogP) is 1.34. The zero-order valence-corrected chi connectivity index (χ0v) is 10.0. The molecule has 0 amide bonds. The van der Waals surface area contributed by atoms with Crippen molar-refractivity contribution >= 4 is 32.3 Å². The van der Waals surface area contributed by atoms with Crippen LogP contribution in [0.2, 0.25) is 0 Å². The number of rotatable bonds is 3. The van der Waals surface area contributed by atoms with Crippen molar-refractivity contribution in [2.75, 3.05) is 0 Å². The van der Waals surface area contributed by atoms with Gasteiger partial charge in [-0.3, -0.25) is 0 Å². The Balaban J connectivity index is 2.53. The minimum atomic E-state index is -4.26. The van der Waals surface area contributed by atoms with Gasteiger partial charge >= 0.3 is 10.1 Å². The van der Waals surface area contributed by atoms with Crippen LogP contribution in [-0.2, 0) is 25.1 Å². The Morgan fingerprint density at radius 3 is 2.35 bits per heavy atom. The molecule has 1 unspecified atom stereocenters. The lowest BCUT2D eigenvalue weighted by Gasteiger charge is -2.07. The third-order valence-corrected chi connectivity index (χ3v) is 4.15. The Bertz CT molecular complexity index is 678. The molecule has 90 valence electrons. The lowest BCUT2D eigenvalue weighted by molar-refractivity contribution is 0.429. The van der Waals surface area contributed by atoms with Crippen LogP contribution in [0.15, 0.2) is 47.4 Å². The summed E-state index contributed by atoms with van der Waals surface area (Å²) >= 11 is -3.11. The van der Waals surface area contributed by atoms with Gasteiger partial charge in [0.05, 0.1) is 4.90 Å². The zero-order valence-electron chi connectivity index (χ0n) is 8.40. The lowest BCUT2D eigenvalue weighted by Crippen LogP contribution is -2.08. The predicted molar refractivity (Wildman–Crippen MR) is 61.1 cm³/mol. The number of fused-ring (bicyclic) bond motifs is 1. The smallest absolute Gasteiger partial charge is 0.308 e. The molecule has 2 rings (SSSR count). The fourth-order valence-electron chi connectivity index (χ4n) is 1.44. The van der Waals surface area contributed by atoms with Crippen LogP contribution >= 0.6 is 0 Å². The van der Waals surface area contributed by atoms with E-state index in [1.807, 2.05) is 12.1 Å². The highest BCUT2D eigenvalue weighted by Gasteiger charge is 2.16. The molecule has 0 spiro atoms. The van der Waals surface area contributed by atoms with E-state index in [2.05, 4.69) is 3.63 Å². The third kappa shape index (κ3) is 2.70. The first-order valence-corrected chi connectivity index (χ1v) is 6.93. The summed E-state index contributed by atoms with van der Waals surface area (Å²) in [5, 5.41) is 1.54. The average molecular weight is 271 g/mol. The molecule has 0 saturated heterocycles. The molecule has 17 heavy (non-hydrogen) atoms. The number of benzene rings is 2. The second kappa shape index (κ2) is 4.53. The second-order valence-electron chi connectivity index (χ2n) is 3.24. The fraction of sp³-hybridized carbons (Fsp3) is 0. The highest BCUT2D eigenvalue weighted by atomic mass is 32.3. The first-order chi connectivity index (χ1) is 7.99. The molecular weight excluding hydrogens is 264 g/mol. The van der Waals surface area contributed by atoms with E-state index in [-0.39, 0.29) is 4.90 Å². The third-order valence-electron chi connectivity index (χ3n) is 2.15. The number of hydrogen-bond acceptors (Lipinski definition) is 5. The van der Waals surface area contributed by atoms with Crippen molar-refractivity contribution in [3.05, 3.63) is 42.5 Å². The van der Waals surface area contributed by atoms with Crippen LogP contribution in [-0.4, -0.2) is 17.2 Å². The summed E-state index contributed by atoms with van der Waals surface area (Å²) in [6.07, 6.45) is 0. The minimum absolute atomic E-state index is 0.194. The SMILES string of the molecule is O=S([O-])OS(=O)(=O)c1ccc2ccccc2c1. The van der Waals surface area contributed by atoms with Gasteiger partial charge in [-0.05, 0) is 22.9 Å². The molecule has 0 bridgehead atoms. The molecule has 0 aliphatic carbocycles. The Morgan fingerprint density at radius 2 is 1.71 bits per heavy atom. The maximum atomic E-state index is 11.5. The van der Waals surface area contributed by atoms with Crippen molar-refractivity contribution in [1.29, 1.82) is 0 Å². The van der Waals surface area contributed by atoms with E-state index in [1.165, 1.54) is 12.1 Å². The van der Waals surface area contributed by atoms with Crippen LogP contribution in [0, 0.1) is 0 Å². The van der Waals surface area contributed by atoms with Crippen LogP contribution in [0.4, 0.5) is 0 Å². The van der Waals surface area contributed by atoms with Crippen molar-refractivity contribution < 1.29 is 20.8 Å². The Labute approximate surface area is 101 Å². The normalized spacial score (nSPS) is 13.7. The lowest BCUT2D eigenvalue weighted by atomic mass is 10.1. The van der Waals surface area contributed by atoms with Gasteiger partial charge in [-0.15, -0.1) is 0 Å². The van der Waals surface area contributed by atoms with Crippen molar-refractivity contribution in [2.45, 2.75) is 4.90 Å². The molecule has 0 aliphatic rings. The van der Waals surface area contributed by atoms with E-state index < -0.39 is 21.5 Å². The second-order valence-corrected chi connectivity index (χ2v) is 5.57. The Hall–Kier alpha value is -1.28. The molecule has 5 nitrogen and oxygen atoms in total. The quantitative estimate of drug-likeness (QED) is 0.786. The summed E-state index contributed by atoms with van der Waals surface area (Å²) in [6, 6.07) is 11.4. The summed E-state index contributed by atoms with van der Waals surface area (Å²) in [5.74, 6) is 0. The van der Waals surface area contributed by atoms with E-state index in [9.17, 15) is 17.2 Å². The van der Waals surface area contributed by atoms with E-state index >= 15 is 0 Å². The van der Waals surface area contributed by atoms with Crippen molar-refractivity contribution in [1.82, 2.24) is 0 Å². The molecule has 0 fully saturated rings. The first kappa shape index (κ1) is 12.2. The van der Waals surface area contributed by atoms with Crippen LogP contribution in [0.1, 0.15) is 0 Å². The minimum Gasteiger partial charge on any atom is -0.749 e. The molecule has 7 heteroatoms. The molecular formula is C10H7O5S2-. The van der Waals surface area contributed by atoms with Crippen molar-refractivity contribution in [2.24, 2.45) is 0 Å². The van der Waals surface area contributed by atoms with E-state index in [0.717, 1.165) is 5.39 Å². The average Bonchev–Trinajstić information content (AvgIpc) is 2.26. The standard InChI is InChI=1S/C10H8O5S2/c11-16(12)15-17(13,14)10-6-5-8-3-1-2-4-9(8)7-10/h1-7H,(H,11,12)/p-1. The molecule has 2 aromatic carbocycles. The van der Waals surface area contributed by atoms with Gasteiger partial charge in [0.1, 0.15) is 11.4 Å². The maximum Gasteiger partial charge on any atom is 0.308 e. The van der Waals surface area contributed by atoms with Crippen LogP contribution < -0.4 is 0 Å². The molecule has 0 aliphatic heterocycles. The van der Waals surface area contributed by atoms with Gasteiger partial charge in [-0.25, -0.2) is 4.21 Å². The van der Waals surface area contributed by atoms with Gasteiger partial charge < -0.3 is 4.55 Å². The summed E-state index contributed by atoms with van der Waals surface area (Å²) < 4.78 is 47.3. The largest absolute Gasteiger partial charge is 0.749 e. The van der Waals surface area contributed by atoms with Gasteiger partial charge in [0.15, 0.2) is 0 Å². The van der Waals surface area contributed by atoms with Crippen LogP contribution in [0.3, 0.4) is 0 Å².